The van der Waals surface area contributed by atoms with Crippen molar-refractivity contribution in [2.24, 2.45) is 5.92 Å². The summed E-state index contributed by atoms with van der Waals surface area (Å²) in [5, 5.41) is 0. The molecule has 0 amide bonds. The zero-order chi connectivity index (χ0) is 20.7. The zero-order valence-corrected chi connectivity index (χ0v) is 17.7. The minimum absolute atomic E-state index is 0.0191. The van der Waals surface area contributed by atoms with Crippen molar-refractivity contribution in [3.05, 3.63) is 51.6 Å². The highest BCUT2D eigenvalue weighted by molar-refractivity contribution is 5.90. The summed E-state index contributed by atoms with van der Waals surface area (Å²) in [6, 6.07) is 6.01. The maximum absolute atomic E-state index is 13.1. The van der Waals surface area contributed by atoms with E-state index >= 15 is 0 Å². The lowest BCUT2D eigenvalue weighted by Gasteiger charge is -2.22. The van der Waals surface area contributed by atoms with Crippen LogP contribution in [0.3, 0.4) is 0 Å². The van der Waals surface area contributed by atoms with Crippen LogP contribution in [0.5, 0.6) is 5.75 Å². The van der Waals surface area contributed by atoms with Gasteiger partial charge in [-0.05, 0) is 68.9 Å². The van der Waals surface area contributed by atoms with E-state index in [4.69, 9.17) is 9.47 Å². The van der Waals surface area contributed by atoms with Gasteiger partial charge in [-0.2, -0.15) is 0 Å². The molecule has 0 N–H and O–H groups in total. The molecule has 1 aliphatic carbocycles. The number of pyridine rings is 1. The molecule has 29 heavy (non-hydrogen) atoms. The Kier molecular flexibility index (Phi) is 5.13. The first-order valence-corrected chi connectivity index (χ1v) is 9.98. The van der Waals surface area contributed by atoms with Crippen LogP contribution >= 0.6 is 0 Å². The van der Waals surface area contributed by atoms with Gasteiger partial charge in [0, 0.05) is 18.9 Å². The van der Waals surface area contributed by atoms with Crippen molar-refractivity contribution >= 4 is 11.0 Å². The Morgan fingerprint density at radius 2 is 1.93 bits per heavy atom. The molecule has 3 aromatic rings. The van der Waals surface area contributed by atoms with Gasteiger partial charge in [-0.15, -0.1) is 0 Å². The average Bonchev–Trinajstić information content (AvgIpc) is 3.54. The number of hydrogen-bond acceptors (Lipinski definition) is 5. The summed E-state index contributed by atoms with van der Waals surface area (Å²) in [6.45, 7) is 6.35. The third-order valence-corrected chi connectivity index (χ3v) is 5.80. The summed E-state index contributed by atoms with van der Waals surface area (Å²) in [6.07, 6.45) is 4.01. The molecular weight excluding hydrogens is 366 g/mol. The standard InChI is InChI=1S/C23H27N3O3/c1-13-11-20(29-5)14(2)10-17(13)21-22-18(8-9-24-21)26(23(27)15(3)25-22)19(12-28-4)16-6-7-16/h8-11,16,19H,6-7,12H2,1-5H3/t19-/m1/s1. The smallest absolute Gasteiger partial charge is 0.272 e. The Bertz CT molecular complexity index is 1130. The van der Waals surface area contributed by atoms with Crippen molar-refractivity contribution in [2.45, 2.75) is 39.7 Å². The summed E-state index contributed by atoms with van der Waals surface area (Å²) in [4.78, 5) is 22.4. The molecule has 6 nitrogen and oxygen atoms in total. The molecular formula is C23H27N3O3. The van der Waals surface area contributed by atoms with Gasteiger partial charge in [0.25, 0.3) is 5.56 Å². The highest BCUT2D eigenvalue weighted by atomic mass is 16.5. The minimum Gasteiger partial charge on any atom is -0.496 e. The number of ether oxygens (including phenoxy) is 2. The maximum Gasteiger partial charge on any atom is 0.272 e. The van der Waals surface area contributed by atoms with E-state index in [9.17, 15) is 4.79 Å². The Hall–Kier alpha value is -2.73. The number of nitrogens with zero attached hydrogens (tertiary/aromatic N) is 3. The third-order valence-electron chi connectivity index (χ3n) is 5.80. The van der Waals surface area contributed by atoms with Crippen LogP contribution < -0.4 is 10.3 Å². The molecule has 0 radical (unpaired) electrons. The molecule has 4 rings (SSSR count). The lowest BCUT2D eigenvalue weighted by atomic mass is 10.00. The first-order chi connectivity index (χ1) is 14.0. The average molecular weight is 393 g/mol. The summed E-state index contributed by atoms with van der Waals surface area (Å²) < 4.78 is 12.8. The highest BCUT2D eigenvalue weighted by Gasteiger charge is 2.34. The van der Waals surface area contributed by atoms with Crippen molar-refractivity contribution in [3.8, 4) is 17.0 Å². The fourth-order valence-corrected chi connectivity index (χ4v) is 4.11. The van der Waals surface area contributed by atoms with Crippen molar-refractivity contribution in [3.63, 3.8) is 0 Å². The number of benzene rings is 1. The van der Waals surface area contributed by atoms with Crippen molar-refractivity contribution in [2.75, 3.05) is 20.8 Å². The Morgan fingerprint density at radius 1 is 1.17 bits per heavy atom. The maximum atomic E-state index is 13.1. The number of hydrogen-bond donors (Lipinski definition) is 0. The van der Waals surface area contributed by atoms with Gasteiger partial charge in [-0.25, -0.2) is 4.98 Å². The van der Waals surface area contributed by atoms with E-state index in [0.717, 1.165) is 52.0 Å². The van der Waals surface area contributed by atoms with Crippen molar-refractivity contribution in [1.29, 1.82) is 0 Å². The topological polar surface area (TPSA) is 66.2 Å². The molecule has 6 heteroatoms. The monoisotopic (exact) mass is 393 g/mol. The number of aryl methyl sites for hydroxylation is 3. The Labute approximate surface area is 170 Å². The predicted molar refractivity (Wildman–Crippen MR) is 114 cm³/mol. The van der Waals surface area contributed by atoms with Crippen LogP contribution in [0, 0.1) is 26.7 Å². The van der Waals surface area contributed by atoms with Crippen molar-refractivity contribution < 1.29 is 9.47 Å². The number of aromatic nitrogens is 3. The van der Waals surface area contributed by atoms with Crippen LogP contribution in [0.4, 0.5) is 0 Å². The summed E-state index contributed by atoms with van der Waals surface area (Å²) in [5.41, 5.74) is 5.87. The van der Waals surface area contributed by atoms with Gasteiger partial charge in [0.15, 0.2) is 0 Å². The summed E-state index contributed by atoms with van der Waals surface area (Å²) in [7, 11) is 3.36. The summed E-state index contributed by atoms with van der Waals surface area (Å²) in [5.74, 6) is 1.32. The SMILES string of the molecule is COC[C@H](C1CC1)n1c(=O)c(C)nc2c(-c3cc(C)c(OC)cc3C)nccc21. The third kappa shape index (κ3) is 3.42. The second kappa shape index (κ2) is 7.59. The van der Waals surface area contributed by atoms with E-state index in [1.54, 1.807) is 27.3 Å². The first-order valence-electron chi connectivity index (χ1n) is 9.98. The first kappa shape index (κ1) is 19.6. The lowest BCUT2D eigenvalue weighted by Crippen LogP contribution is -2.31. The van der Waals surface area contributed by atoms with Crippen molar-refractivity contribution in [1.82, 2.24) is 14.5 Å². The molecule has 2 heterocycles. The second-order valence-electron chi connectivity index (χ2n) is 7.90. The van der Waals surface area contributed by atoms with Gasteiger partial charge < -0.3 is 9.47 Å². The molecule has 1 aliphatic rings. The Balaban J connectivity index is 2.00. The van der Waals surface area contributed by atoms with Gasteiger partial charge in [0.2, 0.25) is 0 Å². The number of fused-ring (bicyclic) bond motifs is 1. The normalized spacial score (nSPS) is 14.9. The largest absolute Gasteiger partial charge is 0.496 e. The summed E-state index contributed by atoms with van der Waals surface area (Å²) >= 11 is 0. The fraction of sp³-hybridized carbons (Fsp3) is 0.435. The molecule has 0 saturated heterocycles. The molecule has 1 saturated carbocycles. The molecule has 0 aliphatic heterocycles. The van der Waals surface area contributed by atoms with Gasteiger partial charge in [0.05, 0.1) is 31.0 Å². The van der Waals surface area contributed by atoms with E-state index in [-0.39, 0.29) is 11.6 Å². The molecule has 1 aromatic carbocycles. The number of methoxy groups -OCH3 is 2. The van der Waals surface area contributed by atoms with E-state index < -0.39 is 0 Å². The van der Waals surface area contributed by atoms with Gasteiger partial charge in [-0.3, -0.25) is 14.3 Å². The van der Waals surface area contributed by atoms with Gasteiger partial charge in [0.1, 0.15) is 17.0 Å². The minimum atomic E-state index is -0.0498. The highest BCUT2D eigenvalue weighted by Crippen LogP contribution is 2.41. The Morgan fingerprint density at radius 3 is 2.59 bits per heavy atom. The number of rotatable bonds is 6. The second-order valence-corrected chi connectivity index (χ2v) is 7.90. The van der Waals surface area contributed by atoms with Crippen LogP contribution in [-0.2, 0) is 4.74 Å². The molecule has 0 unspecified atom stereocenters. The lowest BCUT2D eigenvalue weighted by molar-refractivity contribution is 0.145. The molecule has 152 valence electrons. The molecule has 1 fully saturated rings. The molecule has 0 spiro atoms. The van der Waals surface area contributed by atoms with E-state index in [2.05, 4.69) is 16.0 Å². The van der Waals surface area contributed by atoms with Crippen LogP contribution in [0.2, 0.25) is 0 Å². The van der Waals surface area contributed by atoms with E-state index in [0.29, 0.717) is 18.2 Å². The van der Waals surface area contributed by atoms with Gasteiger partial charge in [-0.1, -0.05) is 0 Å². The van der Waals surface area contributed by atoms with Crippen LogP contribution in [-0.4, -0.2) is 35.4 Å². The van der Waals surface area contributed by atoms with E-state index in [1.807, 2.05) is 30.5 Å². The molecule has 0 bridgehead atoms. The fourth-order valence-electron chi connectivity index (χ4n) is 4.11. The molecule has 2 aromatic heterocycles. The van der Waals surface area contributed by atoms with Crippen LogP contribution in [0.1, 0.15) is 35.7 Å². The van der Waals surface area contributed by atoms with Crippen LogP contribution in [0.15, 0.2) is 29.2 Å². The molecule has 1 atom stereocenters. The van der Waals surface area contributed by atoms with Crippen LogP contribution in [0.25, 0.3) is 22.3 Å². The zero-order valence-electron chi connectivity index (χ0n) is 17.7. The van der Waals surface area contributed by atoms with E-state index in [1.165, 1.54) is 0 Å². The van der Waals surface area contributed by atoms with Gasteiger partial charge >= 0.3 is 0 Å². The predicted octanol–water partition coefficient (Wildman–Crippen LogP) is 3.99. The quantitative estimate of drug-likeness (QED) is 0.633.